The molecular formula is C20H22FN7. The lowest BCUT2D eigenvalue weighted by Gasteiger charge is -2.38. The number of aromatic nitrogens is 4. The first-order valence-electron chi connectivity index (χ1n) is 9.26. The second-order valence-electron chi connectivity index (χ2n) is 7.08. The minimum atomic E-state index is -0.253. The van der Waals surface area contributed by atoms with Crippen molar-refractivity contribution in [3.63, 3.8) is 0 Å². The van der Waals surface area contributed by atoms with Crippen molar-refractivity contribution < 1.29 is 4.39 Å². The zero-order chi connectivity index (χ0) is 19.5. The van der Waals surface area contributed by atoms with E-state index in [9.17, 15) is 4.39 Å². The van der Waals surface area contributed by atoms with E-state index in [4.69, 9.17) is 0 Å². The third-order valence-corrected chi connectivity index (χ3v) is 4.64. The lowest BCUT2D eigenvalue weighted by Crippen LogP contribution is -2.45. The van der Waals surface area contributed by atoms with E-state index in [1.165, 1.54) is 12.1 Å². The Morgan fingerprint density at radius 3 is 2.57 bits per heavy atom. The van der Waals surface area contributed by atoms with Gasteiger partial charge in [-0.2, -0.15) is 9.97 Å². The van der Waals surface area contributed by atoms with Gasteiger partial charge in [-0.3, -0.25) is 4.98 Å². The van der Waals surface area contributed by atoms with Crippen LogP contribution in [0.4, 0.5) is 27.8 Å². The average Bonchev–Trinajstić information content (AvgIpc) is 2.66. The first-order valence-corrected chi connectivity index (χ1v) is 9.26. The quantitative estimate of drug-likeness (QED) is 0.675. The van der Waals surface area contributed by atoms with Gasteiger partial charge in [-0.1, -0.05) is 19.1 Å². The number of nitrogens with zero attached hydrogens (tertiary/aromatic N) is 5. The first-order chi connectivity index (χ1) is 13.6. The van der Waals surface area contributed by atoms with Gasteiger partial charge in [-0.05, 0) is 30.5 Å². The summed E-state index contributed by atoms with van der Waals surface area (Å²) in [5.41, 5.74) is 0.955. The highest BCUT2D eigenvalue weighted by Crippen LogP contribution is 2.27. The molecule has 0 saturated carbocycles. The molecule has 0 radical (unpaired) electrons. The van der Waals surface area contributed by atoms with Crippen LogP contribution in [0.2, 0.25) is 0 Å². The van der Waals surface area contributed by atoms with Crippen LogP contribution in [0.15, 0.2) is 48.9 Å². The van der Waals surface area contributed by atoms with E-state index in [2.05, 4.69) is 42.4 Å². The molecule has 1 aliphatic rings. The van der Waals surface area contributed by atoms with E-state index in [0.717, 1.165) is 24.5 Å². The monoisotopic (exact) mass is 379 g/mol. The second-order valence-corrected chi connectivity index (χ2v) is 7.08. The molecule has 1 aliphatic heterocycles. The average molecular weight is 379 g/mol. The van der Waals surface area contributed by atoms with E-state index >= 15 is 0 Å². The fourth-order valence-corrected chi connectivity index (χ4v) is 3.13. The van der Waals surface area contributed by atoms with Crippen LogP contribution in [0.5, 0.6) is 0 Å². The molecule has 8 heteroatoms. The third-order valence-electron chi connectivity index (χ3n) is 4.64. The Kier molecular flexibility index (Phi) is 5.01. The van der Waals surface area contributed by atoms with Gasteiger partial charge >= 0.3 is 0 Å². The van der Waals surface area contributed by atoms with Crippen LogP contribution < -0.4 is 15.5 Å². The van der Waals surface area contributed by atoms with E-state index in [0.29, 0.717) is 23.5 Å². The Bertz CT molecular complexity index is 927. The molecule has 0 unspecified atom stereocenters. The summed E-state index contributed by atoms with van der Waals surface area (Å²) in [7, 11) is 0. The second kappa shape index (κ2) is 7.75. The summed E-state index contributed by atoms with van der Waals surface area (Å²) in [6, 6.07) is 8.25. The van der Waals surface area contributed by atoms with Crippen LogP contribution in [-0.2, 0) is 0 Å². The largest absolute Gasteiger partial charge is 0.356 e. The number of nitrogens with one attached hydrogen (secondary N) is 2. The lowest BCUT2D eigenvalue weighted by atomic mass is 10.0. The molecule has 2 N–H and O–H groups in total. The summed E-state index contributed by atoms with van der Waals surface area (Å²) >= 11 is 0. The molecule has 1 atom stereocenters. The molecule has 3 aromatic rings. The number of benzene rings is 1. The minimum absolute atomic E-state index is 0.0736. The van der Waals surface area contributed by atoms with Gasteiger partial charge in [0.15, 0.2) is 0 Å². The smallest absolute Gasteiger partial charge is 0.227 e. The van der Waals surface area contributed by atoms with Gasteiger partial charge in [0, 0.05) is 31.5 Å². The maximum absolute atomic E-state index is 13.2. The SMILES string of the molecule is CC1CN(c2cc(Nc3cnccn3)nc(N[C@@H](C)c3ccc(F)cc3)n2)C1. The summed E-state index contributed by atoms with van der Waals surface area (Å²) in [5.74, 6) is 3.01. The number of hydrogen-bond acceptors (Lipinski definition) is 7. The zero-order valence-electron chi connectivity index (χ0n) is 15.8. The van der Waals surface area contributed by atoms with Gasteiger partial charge < -0.3 is 15.5 Å². The van der Waals surface area contributed by atoms with Crippen molar-refractivity contribution in [2.45, 2.75) is 19.9 Å². The third kappa shape index (κ3) is 4.16. The predicted octanol–water partition coefficient (Wildman–Crippen LogP) is 3.78. The van der Waals surface area contributed by atoms with Crippen LogP contribution in [-0.4, -0.2) is 33.0 Å². The molecule has 28 heavy (non-hydrogen) atoms. The number of rotatable bonds is 6. The maximum atomic E-state index is 13.2. The van der Waals surface area contributed by atoms with Crippen molar-refractivity contribution in [1.82, 2.24) is 19.9 Å². The van der Waals surface area contributed by atoms with E-state index in [1.54, 1.807) is 30.7 Å². The molecule has 1 fully saturated rings. The summed E-state index contributed by atoms with van der Waals surface area (Å²) in [5, 5.41) is 6.49. The Balaban J connectivity index is 1.58. The van der Waals surface area contributed by atoms with E-state index in [1.807, 2.05) is 13.0 Å². The highest BCUT2D eigenvalue weighted by atomic mass is 19.1. The molecule has 0 bridgehead atoms. The van der Waals surface area contributed by atoms with Crippen molar-refractivity contribution in [1.29, 1.82) is 0 Å². The number of halogens is 1. The van der Waals surface area contributed by atoms with Crippen LogP contribution in [0.3, 0.4) is 0 Å². The van der Waals surface area contributed by atoms with Gasteiger partial charge in [-0.25, -0.2) is 9.37 Å². The van der Waals surface area contributed by atoms with Gasteiger partial charge in [-0.15, -0.1) is 0 Å². The summed E-state index contributed by atoms with van der Waals surface area (Å²) in [6.07, 6.45) is 4.88. The molecule has 0 spiro atoms. The highest BCUT2D eigenvalue weighted by molar-refractivity contribution is 5.60. The molecule has 4 rings (SSSR count). The molecule has 1 saturated heterocycles. The molecule has 1 aromatic carbocycles. The summed E-state index contributed by atoms with van der Waals surface area (Å²) in [6.45, 7) is 6.14. The molecule has 0 aliphatic carbocycles. The van der Waals surface area contributed by atoms with Crippen LogP contribution >= 0.6 is 0 Å². The highest BCUT2D eigenvalue weighted by Gasteiger charge is 2.25. The standard InChI is InChI=1S/C20H22FN7/c1-13-11-28(12-13)19-9-17(25-18-10-22-7-8-23-18)26-20(27-19)24-14(2)15-3-5-16(21)6-4-15/h3-10,13-14H,11-12H2,1-2H3,(H2,23,24,25,26,27)/t14-/m0/s1. The molecular weight excluding hydrogens is 357 g/mol. The zero-order valence-corrected chi connectivity index (χ0v) is 15.8. The normalized spacial score (nSPS) is 15.0. The Morgan fingerprint density at radius 1 is 1.11 bits per heavy atom. The lowest BCUT2D eigenvalue weighted by molar-refractivity contribution is 0.443. The van der Waals surface area contributed by atoms with Crippen molar-refractivity contribution in [2.24, 2.45) is 5.92 Å². The van der Waals surface area contributed by atoms with Gasteiger partial charge in [0.05, 0.1) is 12.2 Å². The van der Waals surface area contributed by atoms with Crippen molar-refractivity contribution in [3.05, 3.63) is 60.3 Å². The maximum Gasteiger partial charge on any atom is 0.227 e. The molecule has 3 heterocycles. The predicted molar refractivity (Wildman–Crippen MR) is 107 cm³/mol. The van der Waals surface area contributed by atoms with Crippen molar-refractivity contribution in [3.8, 4) is 0 Å². The van der Waals surface area contributed by atoms with Gasteiger partial charge in [0.25, 0.3) is 0 Å². The first kappa shape index (κ1) is 18.1. The van der Waals surface area contributed by atoms with Gasteiger partial charge in [0.2, 0.25) is 5.95 Å². The van der Waals surface area contributed by atoms with E-state index < -0.39 is 0 Å². The molecule has 144 valence electrons. The number of hydrogen-bond donors (Lipinski definition) is 2. The van der Waals surface area contributed by atoms with Gasteiger partial charge in [0.1, 0.15) is 23.3 Å². The minimum Gasteiger partial charge on any atom is -0.356 e. The number of anilines is 4. The van der Waals surface area contributed by atoms with Crippen molar-refractivity contribution in [2.75, 3.05) is 28.6 Å². The Hall–Kier alpha value is -3.29. The molecule has 7 nitrogen and oxygen atoms in total. The van der Waals surface area contributed by atoms with Crippen LogP contribution in [0.1, 0.15) is 25.5 Å². The van der Waals surface area contributed by atoms with E-state index in [-0.39, 0.29) is 11.9 Å². The summed E-state index contributed by atoms with van der Waals surface area (Å²) in [4.78, 5) is 19.8. The van der Waals surface area contributed by atoms with Crippen LogP contribution in [0.25, 0.3) is 0 Å². The molecule has 2 aromatic heterocycles. The summed E-state index contributed by atoms with van der Waals surface area (Å²) < 4.78 is 13.2. The Labute approximate surface area is 163 Å². The van der Waals surface area contributed by atoms with Crippen molar-refractivity contribution >= 4 is 23.4 Å². The topological polar surface area (TPSA) is 78.9 Å². The molecule has 0 amide bonds. The Morgan fingerprint density at radius 2 is 1.89 bits per heavy atom. The fraction of sp³-hybridized carbons (Fsp3) is 0.300. The van der Waals surface area contributed by atoms with Crippen LogP contribution in [0, 0.1) is 11.7 Å². The fourth-order valence-electron chi connectivity index (χ4n) is 3.13.